The summed E-state index contributed by atoms with van der Waals surface area (Å²) >= 11 is 0. The van der Waals surface area contributed by atoms with Crippen LogP contribution < -0.4 is 16.4 Å². The molecule has 0 aromatic heterocycles. The molecule has 27 heavy (non-hydrogen) atoms. The van der Waals surface area contributed by atoms with Gasteiger partial charge in [0.2, 0.25) is 0 Å². The van der Waals surface area contributed by atoms with Gasteiger partial charge < -0.3 is 16.4 Å². The smallest absolute Gasteiger partial charge is 0.251 e. The van der Waals surface area contributed by atoms with Crippen LogP contribution in [0.15, 0.2) is 65.6 Å². The highest BCUT2D eigenvalue weighted by atomic mass is 16.1. The van der Waals surface area contributed by atoms with Gasteiger partial charge in [-0.2, -0.15) is 0 Å². The molecular formula is C23H29N3O. The van der Waals surface area contributed by atoms with Crippen molar-refractivity contribution in [2.75, 3.05) is 12.3 Å². The Bertz CT molecular complexity index is 898. The first kappa shape index (κ1) is 20.3. The predicted octanol–water partition coefficient (Wildman–Crippen LogP) is 4.62. The zero-order valence-corrected chi connectivity index (χ0v) is 16.9. The van der Waals surface area contributed by atoms with Crippen molar-refractivity contribution in [2.45, 2.75) is 34.6 Å². The third kappa shape index (κ3) is 4.59. The van der Waals surface area contributed by atoms with E-state index in [1.807, 2.05) is 65.0 Å². The van der Waals surface area contributed by atoms with Gasteiger partial charge in [0.15, 0.2) is 0 Å². The molecule has 1 aliphatic heterocycles. The first-order chi connectivity index (χ1) is 12.8. The number of hydrogen-bond donors (Lipinski definition) is 3. The monoisotopic (exact) mass is 363 g/mol. The Kier molecular flexibility index (Phi) is 6.45. The maximum absolute atomic E-state index is 12.9. The van der Waals surface area contributed by atoms with Gasteiger partial charge in [0.05, 0.1) is 0 Å². The van der Waals surface area contributed by atoms with Gasteiger partial charge in [-0.25, -0.2) is 0 Å². The lowest BCUT2D eigenvalue weighted by atomic mass is 9.96. The molecule has 0 saturated heterocycles. The first-order valence-corrected chi connectivity index (χ1v) is 9.10. The molecule has 142 valence electrons. The fourth-order valence-corrected chi connectivity index (χ4v) is 3.19. The van der Waals surface area contributed by atoms with E-state index in [-0.39, 0.29) is 5.91 Å². The van der Waals surface area contributed by atoms with Crippen LogP contribution in [0.25, 0.3) is 5.57 Å². The molecule has 0 spiro atoms. The standard InChI is InChI=1S/C23H29N3O/c1-7-9-18(8-2)19-11-20(16(5)22(24)12-19)23(27)25-13-21-14(3)10-15(4)26-17(21)6/h7-12,26H,6,13,24H2,1-5H3,(H,25,27)/b9-7-,18-8+. The second-order valence-corrected chi connectivity index (χ2v) is 6.76. The van der Waals surface area contributed by atoms with E-state index in [1.54, 1.807) is 0 Å². The lowest BCUT2D eigenvalue weighted by Crippen LogP contribution is -2.30. The van der Waals surface area contributed by atoms with Crippen LogP contribution in [0.1, 0.15) is 49.2 Å². The van der Waals surface area contributed by atoms with E-state index < -0.39 is 0 Å². The van der Waals surface area contributed by atoms with Gasteiger partial charge in [-0.15, -0.1) is 0 Å². The summed E-state index contributed by atoms with van der Waals surface area (Å²) in [5.41, 5.74) is 14.1. The van der Waals surface area contributed by atoms with Crippen LogP contribution in [-0.2, 0) is 0 Å². The molecule has 4 nitrogen and oxygen atoms in total. The van der Waals surface area contributed by atoms with Gasteiger partial charge in [-0.1, -0.05) is 24.8 Å². The molecule has 0 unspecified atom stereocenters. The highest BCUT2D eigenvalue weighted by Gasteiger charge is 2.16. The van der Waals surface area contributed by atoms with Crippen LogP contribution in [0.3, 0.4) is 0 Å². The molecule has 1 aromatic carbocycles. The molecule has 4 heteroatoms. The lowest BCUT2D eigenvalue weighted by Gasteiger charge is -2.21. The van der Waals surface area contributed by atoms with Crippen molar-refractivity contribution < 1.29 is 4.79 Å². The number of dihydropyridines is 1. The predicted molar refractivity (Wildman–Crippen MR) is 115 cm³/mol. The number of carbonyl (C=O) groups excluding carboxylic acids is 1. The van der Waals surface area contributed by atoms with Crippen LogP contribution in [-0.4, -0.2) is 12.5 Å². The normalized spacial score (nSPS) is 15.1. The minimum Gasteiger partial charge on any atom is -0.398 e. The average Bonchev–Trinajstić information content (AvgIpc) is 2.60. The molecule has 4 N–H and O–H groups in total. The van der Waals surface area contributed by atoms with E-state index in [1.165, 1.54) is 0 Å². The molecule has 0 saturated carbocycles. The van der Waals surface area contributed by atoms with Crippen molar-refractivity contribution in [3.05, 3.63) is 82.2 Å². The van der Waals surface area contributed by atoms with E-state index in [2.05, 4.69) is 23.3 Å². The molecule has 0 atom stereocenters. The summed E-state index contributed by atoms with van der Waals surface area (Å²) < 4.78 is 0. The number of rotatable bonds is 5. The van der Waals surface area contributed by atoms with Crippen molar-refractivity contribution >= 4 is 17.2 Å². The summed E-state index contributed by atoms with van der Waals surface area (Å²) in [5, 5.41) is 6.22. The minimum atomic E-state index is -0.142. The van der Waals surface area contributed by atoms with Gasteiger partial charge in [0.25, 0.3) is 5.91 Å². The summed E-state index contributed by atoms with van der Waals surface area (Å²) in [6.07, 6.45) is 8.03. The molecule has 0 fully saturated rings. The van der Waals surface area contributed by atoms with Gasteiger partial charge in [0, 0.05) is 29.2 Å². The fraction of sp³-hybridized carbons (Fsp3) is 0.261. The van der Waals surface area contributed by atoms with Crippen molar-refractivity contribution in [1.82, 2.24) is 10.6 Å². The van der Waals surface area contributed by atoms with Crippen LogP contribution >= 0.6 is 0 Å². The second-order valence-electron chi connectivity index (χ2n) is 6.76. The van der Waals surface area contributed by atoms with E-state index in [0.29, 0.717) is 17.8 Å². The van der Waals surface area contributed by atoms with Crippen LogP contribution in [0.2, 0.25) is 0 Å². The van der Waals surface area contributed by atoms with Crippen molar-refractivity contribution in [3.63, 3.8) is 0 Å². The number of anilines is 1. The maximum Gasteiger partial charge on any atom is 0.251 e. The number of nitrogens with two attached hydrogens (primary N) is 1. The molecule has 2 rings (SSSR count). The molecule has 0 aliphatic carbocycles. The zero-order chi connectivity index (χ0) is 20.1. The number of allylic oxidation sites excluding steroid dienone is 7. The summed E-state index contributed by atoms with van der Waals surface area (Å²) in [6, 6.07) is 3.81. The molecule has 1 aliphatic rings. The number of amides is 1. The molecule has 0 radical (unpaired) electrons. The average molecular weight is 364 g/mol. The van der Waals surface area contributed by atoms with Gasteiger partial charge in [-0.05, 0) is 80.7 Å². The Hall–Kier alpha value is -3.01. The third-order valence-corrected chi connectivity index (χ3v) is 4.73. The topological polar surface area (TPSA) is 67.1 Å². The number of nitrogen functional groups attached to an aromatic ring is 1. The van der Waals surface area contributed by atoms with Crippen molar-refractivity contribution in [3.8, 4) is 0 Å². The Morgan fingerprint density at radius 1 is 1.26 bits per heavy atom. The van der Waals surface area contributed by atoms with E-state index in [0.717, 1.165) is 39.2 Å². The zero-order valence-electron chi connectivity index (χ0n) is 16.9. The molecule has 1 heterocycles. The highest BCUT2D eigenvalue weighted by Crippen LogP contribution is 2.25. The van der Waals surface area contributed by atoms with Crippen LogP contribution in [0.4, 0.5) is 5.69 Å². The fourth-order valence-electron chi connectivity index (χ4n) is 3.19. The Morgan fingerprint density at radius 2 is 1.96 bits per heavy atom. The van der Waals surface area contributed by atoms with Crippen molar-refractivity contribution in [1.29, 1.82) is 0 Å². The molecule has 1 amide bonds. The quantitative estimate of drug-likeness (QED) is 0.528. The summed E-state index contributed by atoms with van der Waals surface area (Å²) in [7, 11) is 0. The molecular weight excluding hydrogens is 334 g/mol. The molecule has 0 bridgehead atoms. The largest absolute Gasteiger partial charge is 0.398 e. The summed E-state index contributed by atoms with van der Waals surface area (Å²) in [6.45, 7) is 14.3. The van der Waals surface area contributed by atoms with Crippen LogP contribution in [0, 0.1) is 6.92 Å². The number of hydrogen-bond acceptors (Lipinski definition) is 3. The number of nitrogens with one attached hydrogen (secondary N) is 2. The Morgan fingerprint density at radius 3 is 2.56 bits per heavy atom. The van der Waals surface area contributed by atoms with E-state index in [4.69, 9.17) is 5.73 Å². The van der Waals surface area contributed by atoms with Crippen LogP contribution in [0.5, 0.6) is 0 Å². The SMILES string of the molecule is C=C1NC(C)=CC(C)=C1CNC(=O)c1cc(C(/C=C\C)=C/C)cc(N)c1C. The van der Waals surface area contributed by atoms with Gasteiger partial charge in [-0.3, -0.25) is 4.79 Å². The second kappa shape index (κ2) is 8.58. The third-order valence-electron chi connectivity index (χ3n) is 4.73. The Balaban J connectivity index is 2.30. The highest BCUT2D eigenvalue weighted by molar-refractivity contribution is 5.98. The Labute approximate surface area is 162 Å². The first-order valence-electron chi connectivity index (χ1n) is 9.10. The lowest BCUT2D eigenvalue weighted by molar-refractivity contribution is 0.0956. The van der Waals surface area contributed by atoms with Gasteiger partial charge in [0.1, 0.15) is 0 Å². The van der Waals surface area contributed by atoms with E-state index >= 15 is 0 Å². The summed E-state index contributed by atoms with van der Waals surface area (Å²) in [5.74, 6) is -0.142. The van der Waals surface area contributed by atoms with Gasteiger partial charge >= 0.3 is 0 Å². The number of benzene rings is 1. The van der Waals surface area contributed by atoms with Crippen molar-refractivity contribution in [2.24, 2.45) is 0 Å². The molecule has 1 aromatic rings. The maximum atomic E-state index is 12.9. The van der Waals surface area contributed by atoms with E-state index in [9.17, 15) is 4.79 Å². The number of carbonyl (C=O) groups is 1. The minimum absolute atomic E-state index is 0.142. The summed E-state index contributed by atoms with van der Waals surface area (Å²) in [4.78, 5) is 12.9.